The molecule has 9 heteroatoms. The summed E-state index contributed by atoms with van der Waals surface area (Å²) in [6.45, 7) is 2.04. The highest BCUT2D eigenvalue weighted by atomic mass is 32.2. The molecule has 0 aliphatic carbocycles. The van der Waals surface area contributed by atoms with E-state index >= 15 is 0 Å². The van der Waals surface area contributed by atoms with E-state index in [9.17, 15) is 17.6 Å². The molecule has 2 aromatic rings. The molecular weight excluding hydrogens is 399 g/mol. The van der Waals surface area contributed by atoms with Gasteiger partial charge in [-0.2, -0.15) is 0 Å². The molecule has 0 amide bonds. The van der Waals surface area contributed by atoms with Crippen molar-refractivity contribution in [1.82, 2.24) is 4.31 Å². The van der Waals surface area contributed by atoms with Crippen molar-refractivity contribution in [1.29, 1.82) is 0 Å². The predicted molar refractivity (Wildman–Crippen MR) is 106 cm³/mol. The molecule has 0 N–H and O–H groups in total. The van der Waals surface area contributed by atoms with Crippen LogP contribution in [0.4, 0.5) is 10.1 Å². The monoisotopic (exact) mass is 422 g/mol. The maximum atomic E-state index is 13.4. The fraction of sp³-hybridized carbons (Fsp3) is 0.350. The molecule has 0 spiro atoms. The number of hydrogen-bond donors (Lipinski definition) is 0. The van der Waals surface area contributed by atoms with E-state index < -0.39 is 21.8 Å². The Morgan fingerprint density at radius 3 is 2.55 bits per heavy atom. The number of anilines is 1. The van der Waals surface area contributed by atoms with Crippen LogP contribution in [-0.2, 0) is 26.1 Å². The number of nitrogens with zero attached hydrogens (tertiary/aromatic N) is 2. The number of ether oxygens (including phenoxy) is 2. The van der Waals surface area contributed by atoms with E-state index in [0.717, 1.165) is 4.31 Å². The van der Waals surface area contributed by atoms with Crippen molar-refractivity contribution in [2.24, 2.45) is 0 Å². The third-order valence-corrected chi connectivity index (χ3v) is 6.39. The smallest absolute Gasteiger partial charge is 0.340 e. The van der Waals surface area contributed by atoms with Crippen molar-refractivity contribution in [2.45, 2.75) is 11.5 Å². The molecule has 0 unspecified atom stereocenters. The largest absolute Gasteiger partial charge is 0.457 e. The summed E-state index contributed by atoms with van der Waals surface area (Å²) in [5, 5.41) is 0. The average Bonchev–Trinajstić information content (AvgIpc) is 2.72. The molecule has 0 radical (unpaired) electrons. The van der Waals surface area contributed by atoms with Crippen molar-refractivity contribution in [2.75, 3.05) is 45.3 Å². The fourth-order valence-corrected chi connectivity index (χ4v) is 3.91. The van der Waals surface area contributed by atoms with Gasteiger partial charge in [0, 0.05) is 27.2 Å². The normalized spacial score (nSPS) is 14.8. The second-order valence-corrected chi connectivity index (χ2v) is 8.92. The quantitative estimate of drug-likeness (QED) is 0.665. The SMILES string of the molecule is CN(C)S(=O)(=O)c1ccc(N2CCOCC2)c(C(=O)OCc2cccc(F)c2)c1. The Kier molecular flexibility index (Phi) is 6.51. The number of hydrogen-bond acceptors (Lipinski definition) is 6. The lowest BCUT2D eigenvalue weighted by Gasteiger charge is -2.30. The highest BCUT2D eigenvalue weighted by molar-refractivity contribution is 7.89. The van der Waals surface area contributed by atoms with Gasteiger partial charge in [0.05, 0.1) is 29.4 Å². The van der Waals surface area contributed by atoms with Crippen LogP contribution in [0.2, 0.25) is 0 Å². The van der Waals surface area contributed by atoms with E-state index in [4.69, 9.17) is 9.47 Å². The van der Waals surface area contributed by atoms with Gasteiger partial charge in [-0.3, -0.25) is 0 Å². The lowest BCUT2D eigenvalue weighted by atomic mass is 10.1. The first-order chi connectivity index (χ1) is 13.8. The summed E-state index contributed by atoms with van der Waals surface area (Å²) < 4.78 is 50.2. The highest BCUT2D eigenvalue weighted by Gasteiger charge is 2.25. The minimum atomic E-state index is -3.72. The molecule has 7 nitrogen and oxygen atoms in total. The van der Waals surface area contributed by atoms with Crippen LogP contribution in [0.3, 0.4) is 0 Å². The minimum absolute atomic E-state index is 0.00258. The molecule has 1 heterocycles. The zero-order valence-corrected chi connectivity index (χ0v) is 17.1. The van der Waals surface area contributed by atoms with Gasteiger partial charge in [-0.1, -0.05) is 12.1 Å². The number of rotatable bonds is 6. The zero-order chi connectivity index (χ0) is 21.0. The molecule has 29 heavy (non-hydrogen) atoms. The third-order valence-electron chi connectivity index (χ3n) is 4.58. The van der Waals surface area contributed by atoms with Crippen molar-refractivity contribution in [3.05, 3.63) is 59.4 Å². The average molecular weight is 422 g/mol. The zero-order valence-electron chi connectivity index (χ0n) is 16.3. The summed E-state index contributed by atoms with van der Waals surface area (Å²) in [4.78, 5) is 14.8. The first kappa shape index (κ1) is 21.2. The van der Waals surface area contributed by atoms with Gasteiger partial charge in [0.25, 0.3) is 0 Å². The van der Waals surface area contributed by atoms with Gasteiger partial charge in [0.15, 0.2) is 0 Å². The summed E-state index contributed by atoms with van der Waals surface area (Å²) >= 11 is 0. The molecular formula is C20H23FN2O5S. The van der Waals surface area contributed by atoms with E-state index in [0.29, 0.717) is 37.6 Å². The minimum Gasteiger partial charge on any atom is -0.457 e. The number of carbonyl (C=O) groups is 1. The standard InChI is InChI=1S/C20H23FN2O5S/c1-22(2)29(25,26)17-6-7-19(23-8-10-27-11-9-23)18(13-17)20(24)28-14-15-4-3-5-16(21)12-15/h3-7,12-13H,8-11,14H2,1-2H3. The van der Waals surface area contributed by atoms with Gasteiger partial charge in [0.2, 0.25) is 10.0 Å². The number of halogens is 1. The van der Waals surface area contributed by atoms with Gasteiger partial charge < -0.3 is 14.4 Å². The van der Waals surface area contributed by atoms with Gasteiger partial charge >= 0.3 is 5.97 Å². The molecule has 0 saturated carbocycles. The van der Waals surface area contributed by atoms with Crippen molar-refractivity contribution in [3.63, 3.8) is 0 Å². The molecule has 0 atom stereocenters. The molecule has 3 rings (SSSR count). The Labute approximate surface area is 169 Å². The van der Waals surface area contributed by atoms with E-state index in [2.05, 4.69) is 0 Å². The van der Waals surface area contributed by atoms with E-state index in [1.807, 2.05) is 4.90 Å². The molecule has 2 aromatic carbocycles. The first-order valence-corrected chi connectivity index (χ1v) is 10.5. The van der Waals surface area contributed by atoms with Crippen LogP contribution >= 0.6 is 0 Å². The predicted octanol–water partition coefficient (Wildman–Crippen LogP) is 2.27. The van der Waals surface area contributed by atoms with Crippen LogP contribution < -0.4 is 4.90 Å². The second-order valence-electron chi connectivity index (χ2n) is 6.77. The van der Waals surface area contributed by atoms with Crippen LogP contribution in [0.1, 0.15) is 15.9 Å². The summed E-state index contributed by atoms with van der Waals surface area (Å²) in [5.74, 6) is -1.10. The molecule has 156 valence electrons. The number of carbonyl (C=O) groups excluding carboxylic acids is 1. The second kappa shape index (κ2) is 8.89. The maximum absolute atomic E-state index is 13.4. The number of esters is 1. The van der Waals surface area contributed by atoms with Crippen LogP contribution in [0.5, 0.6) is 0 Å². The Hall–Kier alpha value is -2.49. The van der Waals surface area contributed by atoms with Crippen LogP contribution in [0.25, 0.3) is 0 Å². The van der Waals surface area contributed by atoms with Crippen molar-refractivity contribution < 1.29 is 27.1 Å². The highest BCUT2D eigenvalue weighted by Crippen LogP contribution is 2.27. The van der Waals surface area contributed by atoms with Gasteiger partial charge in [0.1, 0.15) is 12.4 Å². The first-order valence-electron chi connectivity index (χ1n) is 9.10. The van der Waals surface area contributed by atoms with Gasteiger partial charge in [-0.25, -0.2) is 21.9 Å². The summed E-state index contributed by atoms with van der Waals surface area (Å²) in [7, 11) is -0.873. The van der Waals surface area contributed by atoms with E-state index in [1.54, 1.807) is 12.1 Å². The van der Waals surface area contributed by atoms with Crippen molar-refractivity contribution >= 4 is 21.7 Å². The van der Waals surface area contributed by atoms with Crippen LogP contribution in [-0.4, -0.2) is 59.1 Å². The molecule has 0 bridgehead atoms. The Morgan fingerprint density at radius 2 is 1.90 bits per heavy atom. The summed E-state index contributed by atoms with van der Waals surface area (Å²) in [6, 6.07) is 10.2. The molecule has 1 aliphatic rings. The third kappa shape index (κ3) is 4.92. The van der Waals surface area contributed by atoms with Crippen LogP contribution in [0.15, 0.2) is 47.4 Å². The van der Waals surface area contributed by atoms with E-state index in [-0.39, 0.29) is 17.1 Å². The number of benzene rings is 2. The Morgan fingerprint density at radius 1 is 1.17 bits per heavy atom. The van der Waals surface area contributed by atoms with Gasteiger partial charge in [-0.05, 0) is 35.9 Å². The fourth-order valence-electron chi connectivity index (χ4n) is 2.98. The van der Waals surface area contributed by atoms with E-state index in [1.165, 1.54) is 44.4 Å². The van der Waals surface area contributed by atoms with Crippen LogP contribution in [0, 0.1) is 5.82 Å². The summed E-state index contributed by atoms with van der Waals surface area (Å²) in [6.07, 6.45) is 0. The maximum Gasteiger partial charge on any atom is 0.340 e. The molecule has 0 aromatic heterocycles. The molecule has 1 fully saturated rings. The lowest BCUT2D eigenvalue weighted by molar-refractivity contribution is 0.0472. The van der Waals surface area contributed by atoms with Gasteiger partial charge in [-0.15, -0.1) is 0 Å². The Bertz CT molecular complexity index is 988. The lowest BCUT2D eigenvalue weighted by Crippen LogP contribution is -2.37. The number of morpholine rings is 1. The van der Waals surface area contributed by atoms with Crippen molar-refractivity contribution in [3.8, 4) is 0 Å². The molecule has 1 saturated heterocycles. The topological polar surface area (TPSA) is 76.2 Å². The summed E-state index contributed by atoms with van der Waals surface area (Å²) in [5.41, 5.74) is 1.23. The number of sulfonamides is 1. The Balaban J connectivity index is 1.92. The molecule has 1 aliphatic heterocycles.